The lowest BCUT2D eigenvalue weighted by molar-refractivity contribution is -0.130. The summed E-state index contributed by atoms with van der Waals surface area (Å²) in [4.78, 5) is 21.5. The van der Waals surface area contributed by atoms with Crippen LogP contribution in [-0.2, 0) is 4.79 Å². The predicted molar refractivity (Wildman–Crippen MR) is 61.3 cm³/mol. The lowest BCUT2D eigenvalue weighted by Crippen LogP contribution is -2.37. The number of likely N-dealkylation sites (tertiary alicyclic amines) is 1. The molecule has 0 saturated carbocycles. The number of rotatable bonds is 1. The zero-order valence-electron chi connectivity index (χ0n) is 9.19. The minimum Gasteiger partial charge on any atom is -0.342 e. The second kappa shape index (κ2) is 4.78. The van der Waals surface area contributed by atoms with Crippen LogP contribution in [0.4, 0.5) is 0 Å². The number of amides is 1. The third kappa shape index (κ3) is 2.32. The number of hydrogen-bond donors (Lipinski definition) is 0. The van der Waals surface area contributed by atoms with E-state index in [1.807, 2.05) is 4.90 Å². The van der Waals surface area contributed by atoms with Crippen molar-refractivity contribution in [2.24, 2.45) is 0 Å². The van der Waals surface area contributed by atoms with Crippen molar-refractivity contribution in [3.63, 3.8) is 0 Å². The van der Waals surface area contributed by atoms with Crippen molar-refractivity contribution >= 4 is 17.5 Å². The quantitative estimate of drug-likeness (QED) is 0.752. The Morgan fingerprint density at radius 1 is 1.50 bits per heavy atom. The maximum absolute atomic E-state index is 11.3. The van der Waals surface area contributed by atoms with Crippen LogP contribution in [-0.4, -0.2) is 33.9 Å². The van der Waals surface area contributed by atoms with E-state index in [0.717, 1.165) is 25.1 Å². The number of carbonyl (C=O) groups is 1. The van der Waals surface area contributed by atoms with E-state index in [1.165, 1.54) is 0 Å². The third-order valence-electron chi connectivity index (χ3n) is 2.93. The summed E-state index contributed by atoms with van der Waals surface area (Å²) in [6.07, 6.45) is 5.24. The summed E-state index contributed by atoms with van der Waals surface area (Å²) >= 11 is 6.01. The Kier molecular flexibility index (Phi) is 3.39. The molecule has 1 fully saturated rings. The van der Waals surface area contributed by atoms with Gasteiger partial charge < -0.3 is 4.90 Å². The van der Waals surface area contributed by atoms with Crippen LogP contribution in [0.3, 0.4) is 0 Å². The average Bonchev–Trinajstić information content (AvgIpc) is 2.30. The summed E-state index contributed by atoms with van der Waals surface area (Å²) in [7, 11) is 0. The average molecular weight is 240 g/mol. The molecule has 5 heteroatoms. The lowest BCUT2D eigenvalue weighted by atomic mass is 9.95. The molecule has 1 aromatic rings. The number of aromatic nitrogens is 2. The van der Waals surface area contributed by atoms with E-state index in [2.05, 4.69) is 9.97 Å². The molecule has 0 aliphatic carbocycles. The van der Waals surface area contributed by atoms with Crippen LogP contribution >= 0.6 is 11.6 Å². The van der Waals surface area contributed by atoms with Gasteiger partial charge in [0, 0.05) is 38.3 Å². The highest BCUT2D eigenvalue weighted by Gasteiger charge is 2.25. The molecule has 2 rings (SSSR count). The van der Waals surface area contributed by atoms with Crippen LogP contribution in [0.1, 0.15) is 31.4 Å². The molecular formula is C11H14ClN3O. The van der Waals surface area contributed by atoms with Gasteiger partial charge in [0.1, 0.15) is 0 Å². The summed E-state index contributed by atoms with van der Waals surface area (Å²) in [6.45, 7) is 3.14. The molecule has 16 heavy (non-hydrogen) atoms. The molecule has 4 nitrogen and oxygen atoms in total. The van der Waals surface area contributed by atoms with E-state index in [4.69, 9.17) is 11.6 Å². The third-order valence-corrected chi connectivity index (χ3v) is 3.22. The zero-order valence-corrected chi connectivity index (χ0v) is 9.94. The first-order valence-electron chi connectivity index (χ1n) is 5.40. The summed E-state index contributed by atoms with van der Waals surface area (Å²) in [5, 5.41) is 0.456. The van der Waals surface area contributed by atoms with Gasteiger partial charge in [0.25, 0.3) is 0 Å². The van der Waals surface area contributed by atoms with Gasteiger partial charge in [-0.2, -0.15) is 0 Å². The molecule has 0 spiro atoms. The molecule has 1 aliphatic heterocycles. The van der Waals surface area contributed by atoms with Crippen molar-refractivity contribution in [2.75, 3.05) is 13.1 Å². The van der Waals surface area contributed by atoms with Crippen molar-refractivity contribution in [1.29, 1.82) is 0 Å². The standard InChI is InChI=1S/C11H14ClN3O/c1-8(16)15-6-2-3-9(7-15)10-11(12)14-5-4-13-10/h4-5,9H,2-3,6-7H2,1H3/t9-/m1/s1. The molecule has 1 atom stereocenters. The predicted octanol–water partition coefficient (Wildman–Crippen LogP) is 1.86. The van der Waals surface area contributed by atoms with E-state index in [0.29, 0.717) is 11.7 Å². The Hall–Kier alpha value is -1.16. The SMILES string of the molecule is CC(=O)N1CCC[C@@H](c2nccnc2Cl)C1. The monoisotopic (exact) mass is 239 g/mol. The van der Waals surface area contributed by atoms with Crippen LogP contribution in [0.2, 0.25) is 5.15 Å². The highest BCUT2D eigenvalue weighted by Crippen LogP contribution is 2.28. The maximum atomic E-state index is 11.3. The molecule has 1 saturated heterocycles. The number of carbonyl (C=O) groups excluding carboxylic acids is 1. The van der Waals surface area contributed by atoms with Crippen molar-refractivity contribution in [1.82, 2.24) is 14.9 Å². The minimum atomic E-state index is 0.115. The fourth-order valence-electron chi connectivity index (χ4n) is 2.09. The van der Waals surface area contributed by atoms with E-state index < -0.39 is 0 Å². The van der Waals surface area contributed by atoms with Gasteiger partial charge in [-0.1, -0.05) is 11.6 Å². The molecule has 0 aromatic carbocycles. The Balaban J connectivity index is 2.16. The second-order valence-electron chi connectivity index (χ2n) is 4.04. The Morgan fingerprint density at radius 3 is 2.94 bits per heavy atom. The fraction of sp³-hybridized carbons (Fsp3) is 0.545. The minimum absolute atomic E-state index is 0.115. The molecule has 1 amide bonds. The van der Waals surface area contributed by atoms with Gasteiger partial charge in [-0.05, 0) is 12.8 Å². The van der Waals surface area contributed by atoms with Crippen LogP contribution < -0.4 is 0 Å². The first-order valence-corrected chi connectivity index (χ1v) is 5.78. The van der Waals surface area contributed by atoms with Crippen LogP contribution in [0.25, 0.3) is 0 Å². The Morgan fingerprint density at radius 2 is 2.25 bits per heavy atom. The summed E-state index contributed by atoms with van der Waals surface area (Å²) in [5.41, 5.74) is 0.815. The molecule has 1 aromatic heterocycles. The van der Waals surface area contributed by atoms with Gasteiger partial charge in [-0.25, -0.2) is 4.98 Å². The van der Waals surface area contributed by atoms with Crippen molar-refractivity contribution < 1.29 is 4.79 Å². The molecule has 0 unspecified atom stereocenters. The van der Waals surface area contributed by atoms with Crippen molar-refractivity contribution in [3.8, 4) is 0 Å². The van der Waals surface area contributed by atoms with Gasteiger partial charge in [0.05, 0.1) is 5.69 Å². The highest BCUT2D eigenvalue weighted by molar-refractivity contribution is 6.30. The Labute approximate surface area is 99.6 Å². The van der Waals surface area contributed by atoms with Gasteiger partial charge in [0.15, 0.2) is 5.15 Å². The first-order chi connectivity index (χ1) is 7.68. The van der Waals surface area contributed by atoms with E-state index in [1.54, 1.807) is 19.3 Å². The topological polar surface area (TPSA) is 46.1 Å². The molecular weight excluding hydrogens is 226 g/mol. The van der Waals surface area contributed by atoms with Gasteiger partial charge in [-0.15, -0.1) is 0 Å². The summed E-state index contributed by atoms with van der Waals surface area (Å²) < 4.78 is 0. The second-order valence-corrected chi connectivity index (χ2v) is 4.39. The largest absolute Gasteiger partial charge is 0.342 e. The van der Waals surface area contributed by atoms with E-state index >= 15 is 0 Å². The number of nitrogens with zero attached hydrogens (tertiary/aromatic N) is 3. The maximum Gasteiger partial charge on any atom is 0.219 e. The van der Waals surface area contributed by atoms with Gasteiger partial charge in [0.2, 0.25) is 5.91 Å². The number of hydrogen-bond acceptors (Lipinski definition) is 3. The fourth-order valence-corrected chi connectivity index (χ4v) is 2.35. The van der Waals surface area contributed by atoms with Crippen molar-refractivity contribution in [2.45, 2.75) is 25.7 Å². The Bertz CT molecular complexity index is 397. The first kappa shape index (κ1) is 11.3. The normalized spacial score (nSPS) is 20.9. The van der Waals surface area contributed by atoms with Crippen LogP contribution in [0, 0.1) is 0 Å². The van der Waals surface area contributed by atoms with Gasteiger partial charge >= 0.3 is 0 Å². The van der Waals surface area contributed by atoms with E-state index in [9.17, 15) is 4.79 Å². The zero-order chi connectivity index (χ0) is 11.5. The van der Waals surface area contributed by atoms with Crippen LogP contribution in [0.5, 0.6) is 0 Å². The van der Waals surface area contributed by atoms with E-state index in [-0.39, 0.29) is 11.8 Å². The summed E-state index contributed by atoms with van der Waals surface area (Å²) in [6, 6.07) is 0. The molecule has 0 N–H and O–H groups in total. The lowest BCUT2D eigenvalue weighted by Gasteiger charge is -2.31. The molecule has 2 heterocycles. The molecule has 0 radical (unpaired) electrons. The molecule has 86 valence electrons. The smallest absolute Gasteiger partial charge is 0.219 e. The molecule has 1 aliphatic rings. The highest BCUT2D eigenvalue weighted by atomic mass is 35.5. The van der Waals surface area contributed by atoms with Crippen LogP contribution in [0.15, 0.2) is 12.4 Å². The molecule has 0 bridgehead atoms. The number of piperidine rings is 1. The number of halogens is 1. The summed E-state index contributed by atoms with van der Waals surface area (Å²) in [5.74, 6) is 0.337. The van der Waals surface area contributed by atoms with Gasteiger partial charge in [-0.3, -0.25) is 9.78 Å². The van der Waals surface area contributed by atoms with Crippen molar-refractivity contribution in [3.05, 3.63) is 23.2 Å².